The van der Waals surface area contributed by atoms with Gasteiger partial charge in [0.05, 0.1) is 22.3 Å². The van der Waals surface area contributed by atoms with Crippen LogP contribution in [-0.4, -0.2) is 59.8 Å². The van der Waals surface area contributed by atoms with Crippen LogP contribution in [0.5, 0.6) is 0 Å². The molecule has 34 heavy (non-hydrogen) atoms. The van der Waals surface area contributed by atoms with E-state index >= 15 is 0 Å². The number of aryl methyl sites for hydroxylation is 1. The fraction of sp³-hybridized carbons (Fsp3) is 0.519. The Bertz CT molecular complexity index is 1330. The van der Waals surface area contributed by atoms with E-state index in [9.17, 15) is 5.11 Å². The van der Waals surface area contributed by atoms with Crippen LogP contribution in [0.15, 0.2) is 24.7 Å². The largest absolute Gasteiger partial charge is 0.389 e. The fourth-order valence-corrected chi connectivity index (χ4v) is 5.49. The predicted molar refractivity (Wildman–Crippen MR) is 136 cm³/mol. The Hall–Kier alpha value is -2.77. The number of piperidine rings is 1. The van der Waals surface area contributed by atoms with E-state index in [0.717, 1.165) is 66.0 Å². The van der Waals surface area contributed by atoms with Gasteiger partial charge < -0.3 is 15.0 Å². The molecule has 7 heteroatoms. The number of aliphatic hydroxyl groups is 1. The van der Waals surface area contributed by atoms with E-state index in [-0.39, 0.29) is 0 Å². The molecule has 0 saturated carbocycles. The standard InChI is InChI=1S/C27H36N6O/c1-16(2)23-24(20-13-33-26(28-15-29-33)18(4)17(20)3)31-22-8-7-21(30-25(22)23)19-9-11-32(12-10-19)14-27(5,6)34/h7-8,13,15-16,19,31,34H,9-12,14H2,1-6H3. The highest BCUT2D eigenvalue weighted by Gasteiger charge is 2.27. The van der Waals surface area contributed by atoms with Crippen molar-refractivity contribution in [3.05, 3.63) is 47.0 Å². The van der Waals surface area contributed by atoms with Crippen LogP contribution in [-0.2, 0) is 0 Å². The zero-order valence-electron chi connectivity index (χ0n) is 21.2. The first-order chi connectivity index (χ1) is 16.1. The van der Waals surface area contributed by atoms with Gasteiger partial charge in [0.1, 0.15) is 6.33 Å². The van der Waals surface area contributed by atoms with Crippen LogP contribution >= 0.6 is 0 Å². The molecule has 0 radical (unpaired) electrons. The molecule has 180 valence electrons. The van der Waals surface area contributed by atoms with E-state index in [4.69, 9.17) is 4.98 Å². The number of fused-ring (bicyclic) bond motifs is 2. The van der Waals surface area contributed by atoms with Crippen LogP contribution in [0.2, 0.25) is 0 Å². The molecule has 4 aromatic heterocycles. The molecule has 1 aliphatic rings. The number of hydrogen-bond donors (Lipinski definition) is 2. The van der Waals surface area contributed by atoms with E-state index in [0.29, 0.717) is 11.8 Å². The molecule has 0 bridgehead atoms. The SMILES string of the molecule is Cc1c(-c2[nH]c3ccc(C4CCN(CC(C)(C)O)CC4)nc3c2C(C)C)cn2ncnc2c1C. The van der Waals surface area contributed by atoms with Crippen LogP contribution in [0, 0.1) is 13.8 Å². The first-order valence-corrected chi connectivity index (χ1v) is 12.4. The van der Waals surface area contributed by atoms with Crippen LogP contribution in [0.1, 0.15) is 74.8 Å². The van der Waals surface area contributed by atoms with Gasteiger partial charge in [-0.05, 0) is 82.8 Å². The summed E-state index contributed by atoms with van der Waals surface area (Å²) >= 11 is 0. The normalized spacial score (nSPS) is 16.4. The first-order valence-electron chi connectivity index (χ1n) is 12.4. The third-order valence-electron chi connectivity index (χ3n) is 7.29. The highest BCUT2D eigenvalue weighted by Crippen LogP contribution is 2.38. The number of aromatic amines is 1. The number of nitrogens with one attached hydrogen (secondary N) is 1. The summed E-state index contributed by atoms with van der Waals surface area (Å²) in [5, 5.41) is 14.6. The van der Waals surface area contributed by atoms with Crippen molar-refractivity contribution in [2.45, 2.75) is 71.8 Å². The Balaban J connectivity index is 1.52. The van der Waals surface area contributed by atoms with Crippen molar-refractivity contribution in [2.24, 2.45) is 0 Å². The number of rotatable bonds is 5. The summed E-state index contributed by atoms with van der Waals surface area (Å²) in [6.07, 6.45) is 5.84. The van der Waals surface area contributed by atoms with E-state index in [1.54, 1.807) is 6.33 Å². The lowest BCUT2D eigenvalue weighted by Crippen LogP contribution is -2.42. The highest BCUT2D eigenvalue weighted by atomic mass is 16.3. The smallest absolute Gasteiger partial charge is 0.158 e. The molecule has 7 nitrogen and oxygen atoms in total. The molecular weight excluding hydrogens is 424 g/mol. The lowest BCUT2D eigenvalue weighted by Gasteiger charge is -2.35. The topological polar surface area (TPSA) is 82.3 Å². The molecule has 0 atom stereocenters. The van der Waals surface area contributed by atoms with Crippen LogP contribution < -0.4 is 0 Å². The summed E-state index contributed by atoms with van der Waals surface area (Å²) < 4.78 is 1.87. The molecule has 5 heterocycles. The Morgan fingerprint density at radius 2 is 1.88 bits per heavy atom. The third-order valence-corrected chi connectivity index (χ3v) is 7.29. The van der Waals surface area contributed by atoms with Crippen molar-refractivity contribution in [3.63, 3.8) is 0 Å². The van der Waals surface area contributed by atoms with Gasteiger partial charge in [-0.1, -0.05) is 13.8 Å². The Labute approximate surface area is 201 Å². The highest BCUT2D eigenvalue weighted by molar-refractivity contribution is 5.89. The van der Waals surface area contributed by atoms with Crippen molar-refractivity contribution >= 4 is 16.7 Å². The lowest BCUT2D eigenvalue weighted by atomic mass is 9.91. The van der Waals surface area contributed by atoms with E-state index in [1.165, 1.54) is 16.8 Å². The molecule has 1 fully saturated rings. The molecule has 5 rings (SSSR count). The summed E-state index contributed by atoms with van der Waals surface area (Å²) in [5.41, 5.74) is 9.51. The fourth-order valence-electron chi connectivity index (χ4n) is 5.49. The minimum Gasteiger partial charge on any atom is -0.389 e. The van der Waals surface area contributed by atoms with Gasteiger partial charge in [0.2, 0.25) is 0 Å². The summed E-state index contributed by atoms with van der Waals surface area (Å²) in [6, 6.07) is 4.40. The van der Waals surface area contributed by atoms with Gasteiger partial charge in [-0.3, -0.25) is 4.98 Å². The molecular formula is C27H36N6O. The van der Waals surface area contributed by atoms with Gasteiger partial charge in [0, 0.05) is 35.5 Å². The zero-order chi connectivity index (χ0) is 24.2. The molecule has 0 amide bonds. The van der Waals surface area contributed by atoms with Crippen LogP contribution in [0.25, 0.3) is 27.9 Å². The van der Waals surface area contributed by atoms with E-state index < -0.39 is 5.60 Å². The van der Waals surface area contributed by atoms with E-state index in [2.05, 4.69) is 66.0 Å². The Morgan fingerprint density at radius 3 is 2.56 bits per heavy atom. The van der Waals surface area contributed by atoms with Gasteiger partial charge >= 0.3 is 0 Å². The quantitative estimate of drug-likeness (QED) is 0.440. The zero-order valence-corrected chi connectivity index (χ0v) is 21.2. The molecule has 0 spiro atoms. The van der Waals surface area contributed by atoms with Gasteiger partial charge in [0.15, 0.2) is 5.65 Å². The average Bonchev–Trinajstić information content (AvgIpc) is 3.39. The van der Waals surface area contributed by atoms with Crippen LogP contribution in [0.4, 0.5) is 0 Å². The molecule has 4 aromatic rings. The van der Waals surface area contributed by atoms with Crippen molar-refractivity contribution < 1.29 is 5.11 Å². The number of nitrogens with zero attached hydrogens (tertiary/aromatic N) is 5. The molecule has 1 aliphatic heterocycles. The number of β-amino-alcohol motifs (C(OH)–C–C–N with tert-alkyl or cyclic N) is 1. The Morgan fingerprint density at radius 1 is 1.15 bits per heavy atom. The van der Waals surface area contributed by atoms with Crippen molar-refractivity contribution in [3.8, 4) is 11.3 Å². The van der Waals surface area contributed by atoms with Gasteiger partial charge in [0.25, 0.3) is 0 Å². The molecule has 0 unspecified atom stereocenters. The summed E-state index contributed by atoms with van der Waals surface area (Å²) in [4.78, 5) is 15.7. The summed E-state index contributed by atoms with van der Waals surface area (Å²) in [5.74, 6) is 0.780. The maximum atomic E-state index is 10.2. The number of aromatic nitrogens is 5. The average molecular weight is 461 g/mol. The van der Waals surface area contributed by atoms with E-state index in [1.807, 2.05) is 18.4 Å². The van der Waals surface area contributed by atoms with Crippen molar-refractivity contribution in [1.82, 2.24) is 29.5 Å². The van der Waals surface area contributed by atoms with Crippen LogP contribution in [0.3, 0.4) is 0 Å². The molecule has 2 N–H and O–H groups in total. The third kappa shape index (κ3) is 4.12. The minimum atomic E-state index is -0.649. The second-order valence-corrected chi connectivity index (χ2v) is 10.9. The minimum absolute atomic E-state index is 0.325. The number of H-pyrrole nitrogens is 1. The second-order valence-electron chi connectivity index (χ2n) is 10.9. The van der Waals surface area contributed by atoms with Crippen molar-refractivity contribution in [1.29, 1.82) is 0 Å². The second kappa shape index (κ2) is 8.47. The molecule has 0 aromatic carbocycles. The maximum Gasteiger partial charge on any atom is 0.158 e. The molecule has 1 saturated heterocycles. The Kier molecular flexibility index (Phi) is 5.73. The van der Waals surface area contributed by atoms with Gasteiger partial charge in [-0.2, -0.15) is 5.10 Å². The maximum absolute atomic E-state index is 10.2. The number of likely N-dealkylation sites (tertiary alicyclic amines) is 1. The predicted octanol–water partition coefficient (Wildman–Crippen LogP) is 4.96. The first kappa shape index (κ1) is 23.0. The number of pyridine rings is 2. The summed E-state index contributed by atoms with van der Waals surface area (Å²) in [6.45, 7) is 15.2. The monoisotopic (exact) mass is 460 g/mol. The number of hydrogen-bond acceptors (Lipinski definition) is 5. The van der Waals surface area contributed by atoms with Gasteiger partial charge in [-0.25, -0.2) is 9.50 Å². The van der Waals surface area contributed by atoms with Gasteiger partial charge in [-0.15, -0.1) is 0 Å². The summed E-state index contributed by atoms with van der Waals surface area (Å²) in [7, 11) is 0. The lowest BCUT2D eigenvalue weighted by molar-refractivity contribution is 0.0280. The molecule has 0 aliphatic carbocycles. The van der Waals surface area contributed by atoms with Crippen molar-refractivity contribution in [2.75, 3.05) is 19.6 Å².